The van der Waals surface area contributed by atoms with Gasteiger partial charge in [0.2, 0.25) is 0 Å². The van der Waals surface area contributed by atoms with Crippen LogP contribution < -0.4 is 10.6 Å². The third-order valence-electron chi connectivity index (χ3n) is 3.84. The number of carbonyl (C=O) groups excluding carboxylic acids is 1. The van der Waals surface area contributed by atoms with Gasteiger partial charge in [0.1, 0.15) is 0 Å². The van der Waals surface area contributed by atoms with Crippen LogP contribution in [0.3, 0.4) is 0 Å². The molecule has 0 saturated heterocycles. The van der Waals surface area contributed by atoms with Gasteiger partial charge in [0.05, 0.1) is 12.2 Å². The molecule has 1 heterocycles. The van der Waals surface area contributed by atoms with E-state index in [0.29, 0.717) is 13.0 Å². The molecule has 1 aliphatic carbocycles. The molecule has 0 aliphatic heterocycles. The van der Waals surface area contributed by atoms with Gasteiger partial charge in [-0.3, -0.25) is 4.79 Å². The van der Waals surface area contributed by atoms with Gasteiger partial charge in [0, 0.05) is 31.5 Å². The van der Waals surface area contributed by atoms with Crippen LogP contribution in [0.2, 0.25) is 0 Å². The predicted molar refractivity (Wildman–Crippen MR) is 76.8 cm³/mol. The number of amides is 2. The smallest absolute Gasteiger partial charge is 0.315 e. The SMILES string of the molecule is O=C(NCCCCn1ccnc1)NC1CCCC1C(=O)O. The first-order valence-corrected chi connectivity index (χ1v) is 7.39. The summed E-state index contributed by atoms with van der Waals surface area (Å²) in [5, 5.41) is 14.6. The molecule has 7 heteroatoms. The lowest BCUT2D eigenvalue weighted by molar-refractivity contribution is -0.142. The fourth-order valence-corrected chi connectivity index (χ4v) is 2.69. The van der Waals surface area contributed by atoms with E-state index in [0.717, 1.165) is 32.2 Å². The van der Waals surface area contributed by atoms with Crippen LogP contribution in [0.5, 0.6) is 0 Å². The molecular formula is C14H22N4O3. The van der Waals surface area contributed by atoms with Gasteiger partial charge in [0.15, 0.2) is 0 Å². The Kier molecular flexibility index (Phi) is 5.59. The zero-order valence-corrected chi connectivity index (χ0v) is 12.0. The van der Waals surface area contributed by atoms with Gasteiger partial charge in [-0.15, -0.1) is 0 Å². The zero-order chi connectivity index (χ0) is 15.1. The van der Waals surface area contributed by atoms with E-state index in [9.17, 15) is 9.59 Å². The molecule has 1 aliphatic rings. The van der Waals surface area contributed by atoms with Gasteiger partial charge >= 0.3 is 12.0 Å². The minimum Gasteiger partial charge on any atom is -0.481 e. The van der Waals surface area contributed by atoms with Crippen molar-refractivity contribution >= 4 is 12.0 Å². The number of aliphatic carboxylic acids is 1. The lowest BCUT2D eigenvalue weighted by Gasteiger charge is -2.17. The number of hydrogen-bond donors (Lipinski definition) is 3. The first kappa shape index (κ1) is 15.3. The molecule has 3 N–H and O–H groups in total. The Morgan fingerprint density at radius 3 is 2.90 bits per heavy atom. The standard InChI is InChI=1S/C14H22N4O3/c19-13(20)11-4-3-5-12(11)17-14(21)16-6-1-2-8-18-9-7-15-10-18/h7,9-12H,1-6,8H2,(H,19,20)(H2,16,17,21). The highest BCUT2D eigenvalue weighted by Crippen LogP contribution is 2.25. The number of carboxylic acid groups (broad SMARTS) is 1. The molecule has 2 amide bonds. The molecule has 1 saturated carbocycles. The van der Waals surface area contributed by atoms with E-state index in [1.54, 1.807) is 12.5 Å². The van der Waals surface area contributed by atoms with E-state index in [1.165, 1.54) is 0 Å². The van der Waals surface area contributed by atoms with E-state index in [4.69, 9.17) is 5.11 Å². The van der Waals surface area contributed by atoms with Crippen molar-refractivity contribution in [3.63, 3.8) is 0 Å². The van der Waals surface area contributed by atoms with Crippen LogP contribution in [0.1, 0.15) is 32.1 Å². The van der Waals surface area contributed by atoms with Crippen LogP contribution in [0.25, 0.3) is 0 Å². The Hall–Kier alpha value is -2.05. The molecule has 7 nitrogen and oxygen atoms in total. The van der Waals surface area contributed by atoms with Gasteiger partial charge in [0.25, 0.3) is 0 Å². The number of carbonyl (C=O) groups is 2. The van der Waals surface area contributed by atoms with Crippen molar-refractivity contribution in [3.8, 4) is 0 Å². The van der Waals surface area contributed by atoms with Gasteiger partial charge in [-0.25, -0.2) is 9.78 Å². The van der Waals surface area contributed by atoms with Gasteiger partial charge < -0.3 is 20.3 Å². The number of rotatable bonds is 7. The summed E-state index contributed by atoms with van der Waals surface area (Å²) in [5.41, 5.74) is 0. The van der Waals surface area contributed by atoms with Crippen LogP contribution in [0.15, 0.2) is 18.7 Å². The summed E-state index contributed by atoms with van der Waals surface area (Å²) in [6.45, 7) is 1.47. The van der Waals surface area contributed by atoms with Crippen LogP contribution in [-0.2, 0) is 11.3 Å². The molecule has 2 rings (SSSR count). The summed E-state index contributed by atoms with van der Waals surface area (Å²) in [4.78, 5) is 26.7. The summed E-state index contributed by atoms with van der Waals surface area (Å²) < 4.78 is 2.00. The molecule has 0 bridgehead atoms. The number of nitrogens with zero attached hydrogens (tertiary/aromatic N) is 2. The summed E-state index contributed by atoms with van der Waals surface area (Å²) in [7, 11) is 0. The highest BCUT2D eigenvalue weighted by Gasteiger charge is 2.33. The van der Waals surface area contributed by atoms with Crippen molar-refractivity contribution in [2.45, 2.75) is 44.7 Å². The molecule has 2 unspecified atom stereocenters. The van der Waals surface area contributed by atoms with Gasteiger partial charge in [-0.2, -0.15) is 0 Å². The number of carboxylic acids is 1. The number of aromatic nitrogens is 2. The predicted octanol–water partition coefficient (Wildman–Crippen LogP) is 1.22. The monoisotopic (exact) mass is 294 g/mol. The second-order valence-electron chi connectivity index (χ2n) is 5.39. The first-order chi connectivity index (χ1) is 10.2. The highest BCUT2D eigenvalue weighted by molar-refractivity contribution is 5.76. The third kappa shape index (κ3) is 4.77. The zero-order valence-electron chi connectivity index (χ0n) is 12.0. The number of urea groups is 1. The Labute approximate surface area is 123 Å². The van der Waals surface area contributed by atoms with Crippen molar-refractivity contribution in [1.82, 2.24) is 20.2 Å². The first-order valence-electron chi connectivity index (χ1n) is 7.39. The quantitative estimate of drug-likeness (QED) is 0.659. The van der Waals surface area contributed by atoms with E-state index in [1.807, 2.05) is 10.8 Å². The molecule has 0 spiro atoms. The van der Waals surface area contributed by atoms with Crippen molar-refractivity contribution < 1.29 is 14.7 Å². The minimum absolute atomic E-state index is 0.242. The van der Waals surface area contributed by atoms with Crippen LogP contribution in [-0.4, -0.2) is 39.2 Å². The molecule has 116 valence electrons. The van der Waals surface area contributed by atoms with Crippen molar-refractivity contribution in [2.24, 2.45) is 5.92 Å². The van der Waals surface area contributed by atoms with Gasteiger partial charge in [-0.05, 0) is 25.7 Å². The lowest BCUT2D eigenvalue weighted by Crippen LogP contribution is -2.45. The normalized spacial score (nSPS) is 21.1. The number of hydrogen-bond acceptors (Lipinski definition) is 3. The second kappa shape index (κ2) is 7.66. The van der Waals surface area contributed by atoms with Crippen LogP contribution in [0.4, 0.5) is 4.79 Å². The van der Waals surface area contributed by atoms with Crippen molar-refractivity contribution in [1.29, 1.82) is 0 Å². The Bertz CT molecular complexity index is 461. The fourth-order valence-electron chi connectivity index (χ4n) is 2.69. The molecule has 0 radical (unpaired) electrons. The average molecular weight is 294 g/mol. The fraction of sp³-hybridized carbons (Fsp3) is 0.643. The maximum absolute atomic E-state index is 11.7. The topological polar surface area (TPSA) is 96.3 Å². The van der Waals surface area contributed by atoms with E-state index in [-0.39, 0.29) is 12.1 Å². The molecule has 21 heavy (non-hydrogen) atoms. The molecule has 2 atom stereocenters. The van der Waals surface area contributed by atoms with E-state index < -0.39 is 11.9 Å². The number of imidazole rings is 1. The Morgan fingerprint density at radius 1 is 1.33 bits per heavy atom. The third-order valence-corrected chi connectivity index (χ3v) is 3.84. The summed E-state index contributed by atoms with van der Waals surface area (Å²) >= 11 is 0. The molecule has 0 aromatic carbocycles. The Balaban J connectivity index is 1.58. The Morgan fingerprint density at radius 2 is 2.19 bits per heavy atom. The second-order valence-corrected chi connectivity index (χ2v) is 5.39. The largest absolute Gasteiger partial charge is 0.481 e. The van der Waals surface area contributed by atoms with Crippen molar-refractivity contribution in [3.05, 3.63) is 18.7 Å². The number of unbranched alkanes of at least 4 members (excludes halogenated alkanes) is 1. The maximum Gasteiger partial charge on any atom is 0.315 e. The minimum atomic E-state index is -0.821. The summed E-state index contributed by atoms with van der Waals surface area (Å²) in [6, 6.07) is -0.510. The maximum atomic E-state index is 11.7. The van der Waals surface area contributed by atoms with E-state index in [2.05, 4.69) is 15.6 Å². The van der Waals surface area contributed by atoms with Crippen LogP contribution in [0, 0.1) is 5.92 Å². The molecule has 1 aromatic rings. The van der Waals surface area contributed by atoms with E-state index >= 15 is 0 Å². The summed E-state index contributed by atoms with van der Waals surface area (Å²) in [5.74, 6) is -1.27. The molecular weight excluding hydrogens is 272 g/mol. The number of aryl methyl sites for hydroxylation is 1. The highest BCUT2D eigenvalue weighted by atomic mass is 16.4. The molecule has 1 aromatic heterocycles. The van der Waals surface area contributed by atoms with Crippen LogP contribution >= 0.6 is 0 Å². The number of nitrogens with one attached hydrogen (secondary N) is 2. The van der Waals surface area contributed by atoms with Gasteiger partial charge in [-0.1, -0.05) is 6.42 Å². The molecule has 1 fully saturated rings. The van der Waals surface area contributed by atoms with Crippen molar-refractivity contribution in [2.75, 3.05) is 6.54 Å². The summed E-state index contributed by atoms with van der Waals surface area (Å²) in [6.07, 6.45) is 9.49. The lowest BCUT2D eigenvalue weighted by atomic mass is 10.0. The average Bonchev–Trinajstić information content (AvgIpc) is 3.09.